The number of benzene rings is 2. The lowest BCUT2D eigenvalue weighted by molar-refractivity contribution is 0.0686. The van der Waals surface area contributed by atoms with Gasteiger partial charge in [0, 0.05) is 19.0 Å². The van der Waals surface area contributed by atoms with Gasteiger partial charge in [0.25, 0.3) is 5.91 Å². The largest absolute Gasteiger partial charge is 0.492 e. The van der Waals surface area contributed by atoms with Gasteiger partial charge in [0.1, 0.15) is 5.75 Å². The molecule has 0 unspecified atom stereocenters. The van der Waals surface area contributed by atoms with Crippen molar-refractivity contribution in [3.05, 3.63) is 64.7 Å². The van der Waals surface area contributed by atoms with Crippen LogP contribution in [0.5, 0.6) is 5.75 Å². The lowest BCUT2D eigenvalue weighted by Crippen LogP contribution is -2.36. The first-order valence-corrected chi connectivity index (χ1v) is 8.18. The van der Waals surface area contributed by atoms with Gasteiger partial charge in [-0.25, -0.2) is 0 Å². The van der Waals surface area contributed by atoms with Gasteiger partial charge in [-0.1, -0.05) is 36.4 Å². The first kappa shape index (κ1) is 15.6. The molecule has 120 valence electrons. The number of carbonyl (C=O) groups is 1. The zero-order chi connectivity index (χ0) is 16.4. The van der Waals surface area contributed by atoms with Crippen LogP contribution in [0, 0.1) is 6.92 Å². The van der Waals surface area contributed by atoms with Gasteiger partial charge in [-0.05, 0) is 43.5 Å². The highest BCUT2D eigenvalue weighted by Gasteiger charge is 2.26. The molecule has 3 rings (SSSR count). The fraction of sp³-hybridized carbons (Fsp3) is 0.350. The maximum atomic E-state index is 13.1. The van der Waals surface area contributed by atoms with Gasteiger partial charge < -0.3 is 9.64 Å². The summed E-state index contributed by atoms with van der Waals surface area (Å²) in [5.41, 5.74) is 4.21. The molecule has 0 aliphatic carbocycles. The Morgan fingerprint density at radius 1 is 1.17 bits per heavy atom. The summed E-state index contributed by atoms with van der Waals surface area (Å²) >= 11 is 0. The van der Waals surface area contributed by atoms with E-state index in [0.29, 0.717) is 18.7 Å². The third-order valence-corrected chi connectivity index (χ3v) is 4.43. The minimum atomic E-state index is 0.0435. The van der Waals surface area contributed by atoms with Crippen molar-refractivity contribution < 1.29 is 9.53 Å². The van der Waals surface area contributed by atoms with Crippen molar-refractivity contribution in [3.63, 3.8) is 0 Å². The number of nitrogens with zero attached hydrogens (tertiary/aromatic N) is 1. The van der Waals surface area contributed by atoms with E-state index < -0.39 is 0 Å². The van der Waals surface area contributed by atoms with E-state index in [1.54, 1.807) is 0 Å². The molecule has 0 atom stereocenters. The van der Waals surface area contributed by atoms with Crippen LogP contribution in [0.4, 0.5) is 0 Å². The van der Waals surface area contributed by atoms with Crippen LogP contribution in [0.1, 0.15) is 40.9 Å². The number of rotatable bonds is 4. The van der Waals surface area contributed by atoms with Crippen LogP contribution in [-0.4, -0.2) is 23.5 Å². The molecule has 1 heterocycles. The van der Waals surface area contributed by atoms with Crippen LogP contribution in [0.15, 0.2) is 42.5 Å². The van der Waals surface area contributed by atoms with Gasteiger partial charge in [-0.3, -0.25) is 4.79 Å². The summed E-state index contributed by atoms with van der Waals surface area (Å²) in [5, 5.41) is 0. The molecule has 0 aromatic heterocycles. The molecule has 0 spiro atoms. The third-order valence-electron chi connectivity index (χ3n) is 4.43. The van der Waals surface area contributed by atoms with E-state index in [1.807, 2.05) is 35.2 Å². The van der Waals surface area contributed by atoms with E-state index in [1.165, 1.54) is 11.1 Å². The number of carbonyl (C=O) groups excluding carboxylic acids is 1. The zero-order valence-electron chi connectivity index (χ0n) is 14.0. The van der Waals surface area contributed by atoms with E-state index in [4.69, 9.17) is 4.74 Å². The number of amides is 1. The summed E-state index contributed by atoms with van der Waals surface area (Å²) in [7, 11) is 0. The average Bonchev–Trinajstić information content (AvgIpc) is 3.01. The van der Waals surface area contributed by atoms with Crippen LogP contribution in [0.25, 0.3) is 0 Å². The Balaban J connectivity index is 1.92. The number of hydrogen-bond acceptors (Lipinski definition) is 2. The van der Waals surface area contributed by atoms with Crippen molar-refractivity contribution in [2.75, 3.05) is 6.61 Å². The van der Waals surface area contributed by atoms with E-state index in [-0.39, 0.29) is 11.9 Å². The second-order valence-corrected chi connectivity index (χ2v) is 6.35. The van der Waals surface area contributed by atoms with E-state index >= 15 is 0 Å². The minimum absolute atomic E-state index is 0.0435. The molecule has 23 heavy (non-hydrogen) atoms. The first-order valence-electron chi connectivity index (χ1n) is 8.18. The Morgan fingerprint density at radius 2 is 1.96 bits per heavy atom. The molecule has 1 amide bonds. The Morgan fingerprint density at radius 3 is 2.70 bits per heavy atom. The van der Waals surface area contributed by atoms with Gasteiger partial charge in [0.2, 0.25) is 0 Å². The van der Waals surface area contributed by atoms with Crippen LogP contribution in [0.3, 0.4) is 0 Å². The summed E-state index contributed by atoms with van der Waals surface area (Å²) in [6, 6.07) is 14.2. The van der Waals surface area contributed by atoms with Crippen LogP contribution in [-0.2, 0) is 13.0 Å². The topological polar surface area (TPSA) is 29.5 Å². The van der Waals surface area contributed by atoms with Crippen molar-refractivity contribution in [3.8, 4) is 5.75 Å². The summed E-state index contributed by atoms with van der Waals surface area (Å²) in [4.78, 5) is 15.0. The number of hydrogen-bond donors (Lipinski definition) is 0. The highest BCUT2D eigenvalue weighted by Crippen LogP contribution is 2.31. The fourth-order valence-electron chi connectivity index (χ4n) is 3.00. The smallest absolute Gasteiger partial charge is 0.258 e. The molecule has 0 N–H and O–H groups in total. The second-order valence-electron chi connectivity index (χ2n) is 6.35. The van der Waals surface area contributed by atoms with Gasteiger partial charge in [0.05, 0.1) is 12.2 Å². The van der Waals surface area contributed by atoms with E-state index in [0.717, 1.165) is 17.7 Å². The van der Waals surface area contributed by atoms with Gasteiger partial charge in [-0.2, -0.15) is 0 Å². The standard InChI is InChI=1S/C20H23NO2/c1-14(2)21(13-17-8-5-4-7-15(17)3)20(22)18-10-6-9-16-11-12-23-19(16)18/h4-10,14H,11-13H2,1-3H3. The lowest BCUT2D eigenvalue weighted by Gasteiger charge is -2.28. The molecule has 0 saturated carbocycles. The molecular weight excluding hydrogens is 286 g/mol. The van der Waals surface area contributed by atoms with Crippen molar-refractivity contribution in [1.29, 1.82) is 0 Å². The quantitative estimate of drug-likeness (QED) is 0.855. The highest BCUT2D eigenvalue weighted by atomic mass is 16.5. The minimum Gasteiger partial charge on any atom is -0.492 e. The first-order chi connectivity index (χ1) is 11.1. The van der Waals surface area contributed by atoms with Crippen LogP contribution < -0.4 is 4.74 Å². The maximum Gasteiger partial charge on any atom is 0.258 e. The molecule has 0 radical (unpaired) electrons. The molecule has 1 aliphatic rings. The van der Waals surface area contributed by atoms with E-state index in [9.17, 15) is 4.79 Å². The molecule has 3 nitrogen and oxygen atoms in total. The molecule has 0 bridgehead atoms. The molecule has 0 fully saturated rings. The molecule has 2 aromatic rings. The SMILES string of the molecule is Cc1ccccc1CN(C(=O)c1cccc2c1OCC2)C(C)C. The van der Waals surface area contributed by atoms with Gasteiger partial charge in [-0.15, -0.1) is 0 Å². The predicted octanol–water partition coefficient (Wildman–Crippen LogP) is 3.98. The maximum absolute atomic E-state index is 13.1. The highest BCUT2D eigenvalue weighted by molar-refractivity contribution is 5.97. The van der Waals surface area contributed by atoms with Crippen molar-refractivity contribution in [2.45, 2.75) is 39.8 Å². The molecule has 3 heteroatoms. The number of fused-ring (bicyclic) bond motifs is 1. The van der Waals surface area contributed by atoms with Crippen LogP contribution >= 0.6 is 0 Å². The van der Waals surface area contributed by atoms with E-state index in [2.05, 4.69) is 32.9 Å². The summed E-state index contributed by atoms with van der Waals surface area (Å²) < 4.78 is 5.71. The Kier molecular flexibility index (Phi) is 4.37. The molecule has 1 aliphatic heterocycles. The summed E-state index contributed by atoms with van der Waals surface area (Å²) in [6.45, 7) is 7.48. The third kappa shape index (κ3) is 3.09. The molecular formula is C20H23NO2. The predicted molar refractivity (Wildman–Crippen MR) is 91.8 cm³/mol. The van der Waals surface area contributed by atoms with Crippen LogP contribution in [0.2, 0.25) is 0 Å². The van der Waals surface area contributed by atoms with Gasteiger partial charge >= 0.3 is 0 Å². The second kappa shape index (κ2) is 6.45. The number of aryl methyl sites for hydroxylation is 1. The van der Waals surface area contributed by atoms with Crippen molar-refractivity contribution in [1.82, 2.24) is 4.90 Å². The molecule has 0 saturated heterocycles. The molecule has 2 aromatic carbocycles. The fourth-order valence-corrected chi connectivity index (χ4v) is 3.00. The Bertz CT molecular complexity index is 721. The Labute approximate surface area is 137 Å². The number of para-hydroxylation sites is 1. The monoisotopic (exact) mass is 309 g/mol. The normalized spacial score (nSPS) is 12.9. The zero-order valence-corrected chi connectivity index (χ0v) is 14.0. The summed E-state index contributed by atoms with van der Waals surface area (Å²) in [5.74, 6) is 0.815. The van der Waals surface area contributed by atoms with Gasteiger partial charge in [0.15, 0.2) is 0 Å². The van der Waals surface area contributed by atoms with Crippen molar-refractivity contribution >= 4 is 5.91 Å². The Hall–Kier alpha value is -2.29. The summed E-state index contributed by atoms with van der Waals surface area (Å²) in [6.07, 6.45) is 0.885. The van der Waals surface area contributed by atoms with Crippen molar-refractivity contribution in [2.24, 2.45) is 0 Å². The lowest BCUT2D eigenvalue weighted by atomic mass is 10.0. The average molecular weight is 309 g/mol. The number of ether oxygens (including phenoxy) is 1.